The van der Waals surface area contributed by atoms with Crippen molar-refractivity contribution < 1.29 is 16.9 Å². The molecular formula is C6H14ClN. The van der Waals surface area contributed by atoms with Gasteiger partial charge in [0, 0.05) is 0 Å². The Morgan fingerprint density at radius 1 is 1.12 bits per heavy atom. The van der Waals surface area contributed by atoms with Crippen molar-refractivity contribution in [1.29, 1.82) is 0 Å². The van der Waals surface area contributed by atoms with Crippen LogP contribution in [0.4, 0.5) is 0 Å². The minimum absolute atomic E-state index is 0. The second-order valence-corrected chi connectivity index (χ2v) is 2.42. The van der Waals surface area contributed by atoms with Crippen molar-refractivity contribution in [1.82, 2.24) is 0 Å². The van der Waals surface area contributed by atoms with Gasteiger partial charge in [-0.3, -0.25) is 0 Å². The topological polar surface area (TPSA) is 0 Å². The number of quaternary nitrogens is 1. The molecule has 0 aromatic carbocycles. The molecule has 0 aromatic rings. The molecular weight excluding hydrogens is 122 g/mol. The van der Waals surface area contributed by atoms with Crippen LogP contribution in [-0.4, -0.2) is 30.7 Å². The van der Waals surface area contributed by atoms with E-state index in [2.05, 4.69) is 13.8 Å². The van der Waals surface area contributed by atoms with E-state index in [1.165, 1.54) is 30.7 Å². The van der Waals surface area contributed by atoms with Crippen molar-refractivity contribution in [3.8, 4) is 0 Å². The summed E-state index contributed by atoms with van der Waals surface area (Å²) in [6, 6.07) is 0. The van der Waals surface area contributed by atoms with Gasteiger partial charge in [-0.2, -0.15) is 0 Å². The van der Waals surface area contributed by atoms with Crippen molar-refractivity contribution in [2.75, 3.05) is 26.2 Å². The third-order valence-corrected chi connectivity index (χ3v) is 2.20. The van der Waals surface area contributed by atoms with Gasteiger partial charge in [-0.15, -0.1) is 0 Å². The zero-order chi connectivity index (χ0) is 5.33. The molecule has 0 bridgehead atoms. The molecule has 1 aliphatic rings. The molecule has 0 amide bonds. The molecule has 50 valence electrons. The van der Waals surface area contributed by atoms with Crippen LogP contribution in [0.15, 0.2) is 0 Å². The number of nitrogens with zero attached hydrogens (tertiary/aromatic N) is 1. The first kappa shape index (κ1) is 8.25. The van der Waals surface area contributed by atoms with Crippen LogP contribution in [0.5, 0.6) is 0 Å². The van der Waals surface area contributed by atoms with E-state index in [1.807, 2.05) is 0 Å². The van der Waals surface area contributed by atoms with Crippen molar-refractivity contribution >= 4 is 0 Å². The van der Waals surface area contributed by atoms with E-state index in [0.717, 1.165) is 0 Å². The third kappa shape index (κ3) is 1.36. The Morgan fingerprint density at radius 3 is 1.50 bits per heavy atom. The molecule has 0 aliphatic carbocycles. The molecule has 0 saturated carbocycles. The van der Waals surface area contributed by atoms with Gasteiger partial charge in [-0.05, 0) is 13.8 Å². The van der Waals surface area contributed by atoms with E-state index in [9.17, 15) is 0 Å². The van der Waals surface area contributed by atoms with Gasteiger partial charge < -0.3 is 16.9 Å². The zero-order valence-electron chi connectivity index (χ0n) is 5.65. The van der Waals surface area contributed by atoms with Crippen LogP contribution in [0.25, 0.3) is 0 Å². The third-order valence-electron chi connectivity index (χ3n) is 2.20. The Hall–Kier alpha value is 0.250. The summed E-state index contributed by atoms with van der Waals surface area (Å²) in [7, 11) is 0. The first-order valence-electron chi connectivity index (χ1n) is 3.18. The molecule has 1 heterocycles. The maximum atomic E-state index is 2.27. The molecule has 1 saturated heterocycles. The van der Waals surface area contributed by atoms with Crippen molar-refractivity contribution in [2.24, 2.45) is 0 Å². The average molecular weight is 136 g/mol. The summed E-state index contributed by atoms with van der Waals surface area (Å²) in [5.74, 6) is 0. The molecule has 0 radical (unpaired) electrons. The fourth-order valence-corrected chi connectivity index (χ4v) is 0.997. The van der Waals surface area contributed by atoms with Crippen LogP contribution in [0.3, 0.4) is 0 Å². The molecule has 1 nitrogen and oxygen atoms in total. The van der Waals surface area contributed by atoms with Gasteiger partial charge in [0.05, 0.1) is 13.1 Å². The standard InChI is InChI=1S/C6H14N.ClH/c1-3-7(4-2)5-6-7;/h3-6H2,1-2H3;1H/q+1;/p-1. The van der Waals surface area contributed by atoms with Crippen LogP contribution in [0, 0.1) is 0 Å². The number of halogens is 1. The summed E-state index contributed by atoms with van der Waals surface area (Å²) in [6.07, 6.45) is 0. The summed E-state index contributed by atoms with van der Waals surface area (Å²) in [6.45, 7) is 10.1. The smallest absolute Gasteiger partial charge is 0.129 e. The molecule has 1 aliphatic heterocycles. The molecule has 0 aromatic heterocycles. The van der Waals surface area contributed by atoms with Crippen molar-refractivity contribution in [3.63, 3.8) is 0 Å². The summed E-state index contributed by atoms with van der Waals surface area (Å²) >= 11 is 0. The SMILES string of the molecule is CC[N+]1(CC)CC1.[Cl-]. The predicted octanol–water partition coefficient (Wildman–Crippen LogP) is -2.14. The van der Waals surface area contributed by atoms with E-state index in [0.29, 0.717) is 0 Å². The Labute approximate surface area is 57.7 Å². The van der Waals surface area contributed by atoms with Crippen LogP contribution in [0.2, 0.25) is 0 Å². The van der Waals surface area contributed by atoms with Gasteiger partial charge in [0.25, 0.3) is 0 Å². The highest BCUT2D eigenvalue weighted by atomic mass is 35.5. The highest BCUT2D eigenvalue weighted by molar-refractivity contribution is 4.51. The first-order chi connectivity index (χ1) is 3.33. The summed E-state index contributed by atoms with van der Waals surface area (Å²) in [5.41, 5.74) is 0. The minimum Gasteiger partial charge on any atom is -1.00 e. The Morgan fingerprint density at radius 2 is 1.50 bits per heavy atom. The van der Waals surface area contributed by atoms with E-state index < -0.39 is 0 Å². The lowest BCUT2D eigenvalue weighted by Gasteiger charge is -2.11. The molecule has 8 heavy (non-hydrogen) atoms. The highest BCUT2D eigenvalue weighted by Gasteiger charge is 2.37. The molecule has 0 N–H and O–H groups in total. The van der Waals surface area contributed by atoms with Crippen LogP contribution in [-0.2, 0) is 0 Å². The quantitative estimate of drug-likeness (QED) is 0.300. The summed E-state index contributed by atoms with van der Waals surface area (Å²) < 4.78 is 1.39. The normalized spacial score (nSPS) is 21.8. The first-order valence-corrected chi connectivity index (χ1v) is 3.18. The molecule has 0 atom stereocenters. The fraction of sp³-hybridized carbons (Fsp3) is 1.00. The molecule has 0 unspecified atom stereocenters. The Kier molecular flexibility index (Phi) is 2.78. The van der Waals surface area contributed by atoms with Crippen LogP contribution >= 0.6 is 0 Å². The number of hydrogen-bond acceptors (Lipinski definition) is 0. The largest absolute Gasteiger partial charge is 1.00 e. The lowest BCUT2D eigenvalue weighted by atomic mass is 10.6. The maximum absolute atomic E-state index is 2.27. The minimum atomic E-state index is 0. The van der Waals surface area contributed by atoms with Crippen molar-refractivity contribution in [3.05, 3.63) is 0 Å². The van der Waals surface area contributed by atoms with Gasteiger partial charge >= 0.3 is 0 Å². The van der Waals surface area contributed by atoms with E-state index in [4.69, 9.17) is 0 Å². The predicted molar refractivity (Wildman–Crippen MR) is 31.1 cm³/mol. The summed E-state index contributed by atoms with van der Waals surface area (Å²) in [5, 5.41) is 0. The average Bonchev–Trinajstić information content (AvgIpc) is 2.46. The van der Waals surface area contributed by atoms with Gasteiger partial charge in [-0.25, -0.2) is 0 Å². The van der Waals surface area contributed by atoms with E-state index >= 15 is 0 Å². The molecule has 1 fully saturated rings. The van der Waals surface area contributed by atoms with E-state index in [-0.39, 0.29) is 12.4 Å². The lowest BCUT2D eigenvalue weighted by Crippen LogP contribution is -3.00. The zero-order valence-corrected chi connectivity index (χ0v) is 6.41. The molecule has 0 spiro atoms. The number of rotatable bonds is 2. The fourth-order valence-electron chi connectivity index (χ4n) is 0.997. The number of likely N-dealkylation sites (N-methyl/N-ethyl adjacent to an activating group) is 1. The van der Waals surface area contributed by atoms with Crippen LogP contribution < -0.4 is 12.4 Å². The second-order valence-electron chi connectivity index (χ2n) is 2.42. The molecule has 2 heteroatoms. The van der Waals surface area contributed by atoms with Crippen molar-refractivity contribution in [2.45, 2.75) is 13.8 Å². The maximum Gasteiger partial charge on any atom is 0.129 e. The van der Waals surface area contributed by atoms with E-state index in [1.54, 1.807) is 0 Å². The monoisotopic (exact) mass is 135 g/mol. The van der Waals surface area contributed by atoms with Gasteiger partial charge in [-0.1, -0.05) is 0 Å². The molecule has 1 rings (SSSR count). The van der Waals surface area contributed by atoms with Gasteiger partial charge in [0.15, 0.2) is 0 Å². The van der Waals surface area contributed by atoms with Gasteiger partial charge in [0.1, 0.15) is 13.1 Å². The summed E-state index contributed by atoms with van der Waals surface area (Å²) in [4.78, 5) is 0. The second kappa shape index (κ2) is 2.70. The Balaban J connectivity index is 0.000000490. The van der Waals surface area contributed by atoms with Gasteiger partial charge in [0.2, 0.25) is 0 Å². The highest BCUT2D eigenvalue weighted by Crippen LogP contribution is 2.18. The number of hydrogen-bond donors (Lipinski definition) is 0. The lowest BCUT2D eigenvalue weighted by molar-refractivity contribution is -0.795. The Bertz CT molecular complexity index is 62.9. The van der Waals surface area contributed by atoms with Crippen LogP contribution in [0.1, 0.15) is 13.8 Å².